The summed E-state index contributed by atoms with van der Waals surface area (Å²) in [4.78, 5) is 28.9. The molecule has 0 saturated heterocycles. The molecule has 0 heterocycles. The highest BCUT2D eigenvalue weighted by atomic mass is 79.9. The normalized spacial score (nSPS) is 12.0. The number of rotatable bonds is 14. The zero-order chi connectivity index (χ0) is 30.0. The molecule has 8 nitrogen and oxygen atoms in total. The highest BCUT2D eigenvalue weighted by Crippen LogP contribution is 2.23. The minimum Gasteiger partial charge on any atom is -0.497 e. The van der Waals surface area contributed by atoms with E-state index in [9.17, 15) is 18.0 Å². The summed E-state index contributed by atoms with van der Waals surface area (Å²) in [6.07, 6.45) is 1.84. The Balaban J connectivity index is 1.86. The summed E-state index contributed by atoms with van der Waals surface area (Å²) in [5.74, 6) is 0.159. The van der Waals surface area contributed by atoms with Crippen molar-refractivity contribution in [3.8, 4) is 5.75 Å². The summed E-state index contributed by atoms with van der Waals surface area (Å²) in [5, 5.41) is 2.98. The van der Waals surface area contributed by atoms with Crippen molar-refractivity contribution in [3.63, 3.8) is 0 Å². The Morgan fingerprint density at radius 1 is 0.927 bits per heavy atom. The largest absolute Gasteiger partial charge is 0.497 e. The lowest BCUT2D eigenvalue weighted by Gasteiger charge is -2.32. The minimum atomic E-state index is -3.59. The highest BCUT2D eigenvalue weighted by molar-refractivity contribution is 9.10. The highest BCUT2D eigenvalue weighted by Gasteiger charge is 2.31. The van der Waals surface area contributed by atoms with Crippen LogP contribution in [0.3, 0.4) is 0 Å². The predicted octanol–water partition coefficient (Wildman–Crippen LogP) is 5.17. The first-order chi connectivity index (χ1) is 19.5. The molecule has 0 bridgehead atoms. The molecule has 10 heteroatoms. The second kappa shape index (κ2) is 15.0. The number of nitrogens with one attached hydrogen (secondary N) is 1. The van der Waals surface area contributed by atoms with Crippen molar-refractivity contribution in [1.29, 1.82) is 0 Å². The van der Waals surface area contributed by atoms with Crippen LogP contribution < -0.4 is 14.4 Å². The fraction of sp³-hybridized carbons (Fsp3) is 0.355. The molecular formula is C31H38BrN3O5S. The van der Waals surface area contributed by atoms with E-state index in [1.807, 2.05) is 68.4 Å². The number of amides is 2. The van der Waals surface area contributed by atoms with E-state index in [1.165, 1.54) is 4.31 Å². The summed E-state index contributed by atoms with van der Waals surface area (Å²) in [5.41, 5.74) is 2.31. The molecule has 0 fully saturated rings. The summed E-state index contributed by atoms with van der Waals surface area (Å²) >= 11 is 3.45. The molecule has 0 aliphatic carbocycles. The van der Waals surface area contributed by atoms with Crippen LogP contribution in [0.1, 0.15) is 37.8 Å². The van der Waals surface area contributed by atoms with E-state index < -0.39 is 16.1 Å². The Kier molecular flexibility index (Phi) is 11.8. The molecule has 0 unspecified atom stereocenters. The quantitative estimate of drug-likeness (QED) is 0.262. The molecule has 0 spiro atoms. The monoisotopic (exact) mass is 643 g/mol. The van der Waals surface area contributed by atoms with Crippen molar-refractivity contribution in [1.82, 2.24) is 10.2 Å². The van der Waals surface area contributed by atoms with Gasteiger partial charge in [0.15, 0.2) is 0 Å². The molecule has 3 aromatic rings. The van der Waals surface area contributed by atoms with Crippen LogP contribution in [0.4, 0.5) is 5.69 Å². The van der Waals surface area contributed by atoms with Crippen molar-refractivity contribution >= 4 is 43.5 Å². The van der Waals surface area contributed by atoms with Crippen LogP contribution in [-0.4, -0.2) is 57.1 Å². The number of benzene rings is 3. The third kappa shape index (κ3) is 9.89. The van der Waals surface area contributed by atoms with Gasteiger partial charge < -0.3 is 15.0 Å². The van der Waals surface area contributed by atoms with Crippen LogP contribution in [0, 0.1) is 0 Å². The number of carbonyl (C=O) groups is 2. The number of sulfonamides is 1. The number of nitrogens with zero attached hydrogens (tertiary/aromatic N) is 2. The molecule has 3 rings (SSSR count). The molecule has 0 aliphatic heterocycles. The number of halogens is 1. The fourth-order valence-electron chi connectivity index (χ4n) is 4.47. The summed E-state index contributed by atoms with van der Waals surface area (Å²) in [6.45, 7) is 4.13. The van der Waals surface area contributed by atoms with Gasteiger partial charge >= 0.3 is 0 Å². The maximum Gasteiger partial charge on any atom is 0.243 e. The van der Waals surface area contributed by atoms with Gasteiger partial charge in [-0.05, 0) is 67.8 Å². The fourth-order valence-corrected chi connectivity index (χ4v) is 5.70. The van der Waals surface area contributed by atoms with Gasteiger partial charge in [0.25, 0.3) is 0 Å². The smallest absolute Gasteiger partial charge is 0.243 e. The number of hydrogen-bond acceptors (Lipinski definition) is 5. The zero-order valence-electron chi connectivity index (χ0n) is 23.9. The van der Waals surface area contributed by atoms with E-state index in [1.54, 1.807) is 36.3 Å². The van der Waals surface area contributed by atoms with E-state index in [-0.39, 0.29) is 43.8 Å². The first-order valence-corrected chi connectivity index (χ1v) is 16.1. The third-order valence-corrected chi connectivity index (χ3v) is 8.20. The van der Waals surface area contributed by atoms with Gasteiger partial charge in [0.2, 0.25) is 21.8 Å². The molecule has 3 aromatic carbocycles. The van der Waals surface area contributed by atoms with Gasteiger partial charge in [-0.3, -0.25) is 13.9 Å². The van der Waals surface area contributed by atoms with Gasteiger partial charge in [0.1, 0.15) is 11.8 Å². The van der Waals surface area contributed by atoms with Gasteiger partial charge in [0, 0.05) is 36.4 Å². The summed E-state index contributed by atoms with van der Waals surface area (Å²) < 4.78 is 32.6. The van der Waals surface area contributed by atoms with Gasteiger partial charge in [0.05, 0.1) is 19.1 Å². The summed E-state index contributed by atoms with van der Waals surface area (Å²) in [7, 11) is -2.05. The third-order valence-electron chi connectivity index (χ3n) is 6.48. The number of ether oxygens (including phenoxy) is 1. The zero-order valence-corrected chi connectivity index (χ0v) is 26.3. The Morgan fingerprint density at radius 3 is 2.12 bits per heavy atom. The SMILES string of the molecule is COc1ccc(N(CCCC(=O)N(Cc2ccc(Br)cc2)[C@H](Cc2ccccc2)C(=O)NC(C)C)S(C)(=O)=O)cc1. The Hall–Kier alpha value is -3.37. The molecule has 2 amide bonds. The van der Waals surface area contributed by atoms with Gasteiger partial charge in [-0.25, -0.2) is 8.42 Å². The lowest BCUT2D eigenvalue weighted by atomic mass is 10.0. The van der Waals surface area contributed by atoms with Crippen LogP contribution in [0.15, 0.2) is 83.3 Å². The second-order valence-electron chi connectivity index (χ2n) is 10.2. The molecule has 1 N–H and O–H groups in total. The van der Waals surface area contributed by atoms with Crippen molar-refractivity contribution in [2.75, 3.05) is 24.2 Å². The topological polar surface area (TPSA) is 96.0 Å². The van der Waals surface area contributed by atoms with Crippen molar-refractivity contribution in [2.45, 2.75) is 51.7 Å². The van der Waals surface area contributed by atoms with Crippen molar-refractivity contribution < 1.29 is 22.7 Å². The maximum atomic E-state index is 13.8. The van der Waals surface area contributed by atoms with Crippen molar-refractivity contribution in [2.24, 2.45) is 0 Å². The number of hydrogen-bond donors (Lipinski definition) is 1. The van der Waals surface area contributed by atoms with E-state index >= 15 is 0 Å². The number of methoxy groups -OCH3 is 1. The van der Waals surface area contributed by atoms with Gasteiger partial charge in [-0.2, -0.15) is 0 Å². The van der Waals surface area contributed by atoms with Crippen LogP contribution in [0.2, 0.25) is 0 Å². The molecule has 1 atom stereocenters. The second-order valence-corrected chi connectivity index (χ2v) is 13.0. The first-order valence-electron chi connectivity index (χ1n) is 13.5. The Labute approximate surface area is 251 Å². The van der Waals surface area contributed by atoms with Crippen LogP contribution in [0.5, 0.6) is 5.75 Å². The molecule has 0 saturated carbocycles. The molecule has 41 heavy (non-hydrogen) atoms. The van der Waals surface area contributed by atoms with E-state index in [0.29, 0.717) is 17.9 Å². The standard InChI is InChI=1S/C31H38BrN3O5S/c1-23(2)33-31(37)29(21-24-9-6-5-7-10-24)34(22-25-12-14-26(32)15-13-25)30(36)11-8-20-35(41(4,38)39)27-16-18-28(40-3)19-17-27/h5-7,9-10,12-19,23,29H,8,11,20-22H2,1-4H3,(H,33,37)/t29-/m1/s1. The lowest BCUT2D eigenvalue weighted by Crippen LogP contribution is -2.51. The minimum absolute atomic E-state index is 0.0684. The molecular weight excluding hydrogens is 606 g/mol. The molecule has 0 aliphatic rings. The van der Waals surface area contributed by atoms with Crippen molar-refractivity contribution in [3.05, 3.63) is 94.5 Å². The summed E-state index contributed by atoms with van der Waals surface area (Å²) in [6, 6.07) is 23.1. The molecule has 0 radical (unpaired) electrons. The predicted molar refractivity (Wildman–Crippen MR) is 166 cm³/mol. The van der Waals surface area contributed by atoms with E-state index in [0.717, 1.165) is 21.9 Å². The van der Waals surface area contributed by atoms with Gasteiger partial charge in [-0.1, -0.05) is 58.4 Å². The van der Waals surface area contributed by atoms with Gasteiger partial charge in [-0.15, -0.1) is 0 Å². The van der Waals surface area contributed by atoms with Crippen LogP contribution in [-0.2, 0) is 32.6 Å². The number of carbonyl (C=O) groups excluding carboxylic acids is 2. The number of anilines is 1. The average Bonchev–Trinajstić information content (AvgIpc) is 2.93. The van der Waals surface area contributed by atoms with Crippen LogP contribution in [0.25, 0.3) is 0 Å². The lowest BCUT2D eigenvalue weighted by molar-refractivity contribution is -0.141. The Morgan fingerprint density at radius 2 is 1.56 bits per heavy atom. The van der Waals surface area contributed by atoms with Crippen LogP contribution >= 0.6 is 15.9 Å². The maximum absolute atomic E-state index is 13.8. The molecule has 0 aromatic heterocycles. The first kappa shape index (κ1) is 32.1. The van der Waals surface area contributed by atoms with E-state index in [2.05, 4.69) is 21.2 Å². The molecule has 220 valence electrons. The Bertz CT molecular complexity index is 1380. The average molecular weight is 645 g/mol. The van der Waals surface area contributed by atoms with E-state index in [4.69, 9.17) is 4.74 Å².